The third-order valence-electron chi connectivity index (χ3n) is 4.16. The van der Waals surface area contributed by atoms with Crippen LogP contribution in [0.3, 0.4) is 0 Å². The third kappa shape index (κ3) is 3.42. The monoisotopic (exact) mass is 339 g/mol. The largest absolute Gasteiger partial charge is 0.493 e. The molecule has 3 aromatic rings. The number of rotatable bonds is 6. The number of carbonyl (C=O) groups is 1. The van der Waals surface area contributed by atoms with E-state index in [1.54, 1.807) is 32.4 Å². The molecule has 2 aromatic carbocycles. The summed E-state index contributed by atoms with van der Waals surface area (Å²) in [5, 5.41) is 2.92. The van der Waals surface area contributed by atoms with Gasteiger partial charge in [0, 0.05) is 25.6 Å². The van der Waals surface area contributed by atoms with E-state index < -0.39 is 0 Å². The number of amides is 1. The van der Waals surface area contributed by atoms with Crippen molar-refractivity contribution >= 4 is 16.9 Å². The lowest BCUT2D eigenvalue weighted by atomic mass is 10.2. The lowest BCUT2D eigenvalue weighted by Crippen LogP contribution is -2.26. The number of ether oxygens (including phenoxy) is 2. The van der Waals surface area contributed by atoms with E-state index in [1.807, 2.05) is 31.3 Å². The number of methoxy groups -OCH3 is 2. The van der Waals surface area contributed by atoms with E-state index in [9.17, 15) is 4.79 Å². The first-order chi connectivity index (χ1) is 12.1. The third-order valence-corrected chi connectivity index (χ3v) is 4.16. The van der Waals surface area contributed by atoms with Crippen LogP contribution in [-0.2, 0) is 13.5 Å². The van der Waals surface area contributed by atoms with Crippen LogP contribution in [0, 0.1) is 0 Å². The number of nitrogens with one attached hydrogen (secondary N) is 1. The van der Waals surface area contributed by atoms with Crippen molar-refractivity contribution in [2.45, 2.75) is 6.42 Å². The molecule has 0 aliphatic heterocycles. The summed E-state index contributed by atoms with van der Waals surface area (Å²) < 4.78 is 12.5. The second-order valence-corrected chi connectivity index (χ2v) is 5.65. The molecule has 0 saturated carbocycles. The van der Waals surface area contributed by atoms with Crippen LogP contribution in [0.15, 0.2) is 42.5 Å². The molecule has 0 aliphatic rings. The molecule has 1 amide bonds. The zero-order valence-corrected chi connectivity index (χ0v) is 14.6. The van der Waals surface area contributed by atoms with Gasteiger partial charge in [-0.2, -0.15) is 0 Å². The number of carbonyl (C=O) groups excluding carboxylic acids is 1. The minimum absolute atomic E-state index is 0.153. The number of imidazole rings is 1. The average Bonchev–Trinajstić information content (AvgIpc) is 2.97. The van der Waals surface area contributed by atoms with Gasteiger partial charge < -0.3 is 19.4 Å². The van der Waals surface area contributed by atoms with Crippen LogP contribution in [0.25, 0.3) is 11.0 Å². The second-order valence-electron chi connectivity index (χ2n) is 5.65. The maximum absolute atomic E-state index is 12.3. The minimum atomic E-state index is -0.153. The number of hydrogen-bond acceptors (Lipinski definition) is 4. The normalized spacial score (nSPS) is 10.7. The fourth-order valence-corrected chi connectivity index (χ4v) is 2.79. The molecule has 6 heteroatoms. The Morgan fingerprint density at radius 2 is 1.88 bits per heavy atom. The van der Waals surface area contributed by atoms with Crippen LogP contribution in [0.2, 0.25) is 0 Å². The van der Waals surface area contributed by atoms with Crippen molar-refractivity contribution in [3.63, 3.8) is 0 Å². The first-order valence-corrected chi connectivity index (χ1v) is 8.04. The van der Waals surface area contributed by atoms with Gasteiger partial charge in [0.05, 0.1) is 25.3 Å². The van der Waals surface area contributed by atoms with Crippen LogP contribution < -0.4 is 14.8 Å². The van der Waals surface area contributed by atoms with Gasteiger partial charge in [-0.3, -0.25) is 4.79 Å². The molecular formula is C19H21N3O3. The molecule has 0 saturated heterocycles. The van der Waals surface area contributed by atoms with Crippen molar-refractivity contribution in [3.8, 4) is 11.5 Å². The van der Waals surface area contributed by atoms with Crippen molar-refractivity contribution < 1.29 is 14.3 Å². The summed E-state index contributed by atoms with van der Waals surface area (Å²) in [5.41, 5.74) is 2.58. The molecule has 3 rings (SSSR count). The Morgan fingerprint density at radius 1 is 1.12 bits per heavy atom. The maximum Gasteiger partial charge on any atom is 0.251 e. The summed E-state index contributed by atoms with van der Waals surface area (Å²) in [6, 6.07) is 13.1. The molecule has 0 aliphatic carbocycles. The van der Waals surface area contributed by atoms with E-state index in [1.165, 1.54) is 0 Å². The molecule has 0 fully saturated rings. The Kier molecular flexibility index (Phi) is 4.88. The van der Waals surface area contributed by atoms with Crippen molar-refractivity contribution in [3.05, 3.63) is 53.9 Å². The van der Waals surface area contributed by atoms with E-state index in [0.717, 1.165) is 16.9 Å². The molecule has 0 atom stereocenters. The fourth-order valence-electron chi connectivity index (χ4n) is 2.79. The van der Waals surface area contributed by atoms with Crippen molar-refractivity contribution in [1.29, 1.82) is 0 Å². The number of fused-ring (bicyclic) bond motifs is 1. The highest BCUT2D eigenvalue weighted by Gasteiger charge is 2.11. The lowest BCUT2D eigenvalue weighted by molar-refractivity contribution is 0.0953. The molecule has 0 radical (unpaired) electrons. The highest BCUT2D eigenvalue weighted by atomic mass is 16.5. The SMILES string of the molecule is COc1ccc(C(=O)NCCc2nc3ccccc3n2C)cc1OC. The van der Waals surface area contributed by atoms with Crippen LogP contribution in [-0.4, -0.2) is 36.2 Å². The van der Waals surface area contributed by atoms with Gasteiger partial charge in [0.2, 0.25) is 0 Å². The predicted octanol–water partition coefficient (Wildman–Crippen LogP) is 2.56. The van der Waals surface area contributed by atoms with Gasteiger partial charge in [-0.05, 0) is 30.3 Å². The summed E-state index contributed by atoms with van der Waals surface area (Å²) >= 11 is 0. The van der Waals surface area contributed by atoms with Gasteiger partial charge in [0.15, 0.2) is 11.5 Å². The Balaban J connectivity index is 1.65. The van der Waals surface area contributed by atoms with E-state index in [-0.39, 0.29) is 5.91 Å². The number of benzene rings is 2. The van der Waals surface area contributed by atoms with Crippen LogP contribution in [0.5, 0.6) is 11.5 Å². The molecule has 1 heterocycles. The number of nitrogens with zero attached hydrogens (tertiary/aromatic N) is 2. The zero-order valence-electron chi connectivity index (χ0n) is 14.6. The molecular weight excluding hydrogens is 318 g/mol. The number of aromatic nitrogens is 2. The van der Waals surface area contributed by atoms with Gasteiger partial charge in [0.1, 0.15) is 5.82 Å². The number of para-hydroxylation sites is 2. The van der Waals surface area contributed by atoms with Crippen LogP contribution in [0.1, 0.15) is 16.2 Å². The highest BCUT2D eigenvalue weighted by molar-refractivity contribution is 5.94. The number of aryl methyl sites for hydroxylation is 1. The Morgan fingerprint density at radius 3 is 2.60 bits per heavy atom. The smallest absolute Gasteiger partial charge is 0.251 e. The molecule has 6 nitrogen and oxygen atoms in total. The molecule has 25 heavy (non-hydrogen) atoms. The van der Waals surface area contributed by atoms with E-state index in [0.29, 0.717) is 30.0 Å². The summed E-state index contributed by atoms with van der Waals surface area (Å²) in [7, 11) is 5.10. The summed E-state index contributed by atoms with van der Waals surface area (Å²) in [5.74, 6) is 1.91. The van der Waals surface area contributed by atoms with E-state index in [2.05, 4.69) is 14.9 Å². The Bertz CT molecular complexity index is 902. The first-order valence-electron chi connectivity index (χ1n) is 8.04. The quantitative estimate of drug-likeness (QED) is 0.750. The van der Waals surface area contributed by atoms with E-state index in [4.69, 9.17) is 9.47 Å². The minimum Gasteiger partial charge on any atom is -0.493 e. The molecule has 0 bridgehead atoms. The number of hydrogen-bond donors (Lipinski definition) is 1. The highest BCUT2D eigenvalue weighted by Crippen LogP contribution is 2.27. The van der Waals surface area contributed by atoms with Crippen molar-refractivity contribution in [2.24, 2.45) is 7.05 Å². The molecule has 1 N–H and O–H groups in total. The topological polar surface area (TPSA) is 65.4 Å². The fraction of sp³-hybridized carbons (Fsp3) is 0.263. The molecule has 1 aromatic heterocycles. The first kappa shape index (κ1) is 16.8. The van der Waals surface area contributed by atoms with Crippen molar-refractivity contribution in [1.82, 2.24) is 14.9 Å². The zero-order chi connectivity index (χ0) is 17.8. The molecule has 0 unspecified atom stereocenters. The van der Waals surface area contributed by atoms with Gasteiger partial charge in [0.25, 0.3) is 5.91 Å². The maximum atomic E-state index is 12.3. The van der Waals surface area contributed by atoms with Gasteiger partial charge >= 0.3 is 0 Å². The summed E-state index contributed by atoms with van der Waals surface area (Å²) in [6.45, 7) is 0.504. The summed E-state index contributed by atoms with van der Waals surface area (Å²) in [4.78, 5) is 16.9. The van der Waals surface area contributed by atoms with Gasteiger partial charge in [-0.25, -0.2) is 4.98 Å². The standard InChI is InChI=1S/C19H21N3O3/c1-22-15-7-5-4-6-14(15)21-18(22)10-11-20-19(23)13-8-9-16(24-2)17(12-13)25-3/h4-9,12H,10-11H2,1-3H3,(H,20,23). The van der Waals surface area contributed by atoms with Gasteiger partial charge in [-0.15, -0.1) is 0 Å². The average molecular weight is 339 g/mol. The Hall–Kier alpha value is -3.02. The lowest BCUT2D eigenvalue weighted by Gasteiger charge is -2.10. The summed E-state index contributed by atoms with van der Waals surface area (Å²) in [6.07, 6.45) is 0.657. The molecule has 0 spiro atoms. The Labute approximate surface area is 146 Å². The van der Waals surface area contributed by atoms with Gasteiger partial charge in [-0.1, -0.05) is 12.1 Å². The van der Waals surface area contributed by atoms with E-state index >= 15 is 0 Å². The molecule has 130 valence electrons. The predicted molar refractivity (Wildman–Crippen MR) is 96.3 cm³/mol. The van der Waals surface area contributed by atoms with Crippen molar-refractivity contribution in [2.75, 3.05) is 20.8 Å². The van der Waals surface area contributed by atoms with Crippen LogP contribution >= 0.6 is 0 Å². The second kappa shape index (κ2) is 7.25. The van der Waals surface area contributed by atoms with Crippen LogP contribution in [0.4, 0.5) is 0 Å².